The van der Waals surface area contributed by atoms with Crippen molar-refractivity contribution in [1.29, 1.82) is 0 Å². The number of halogens is 1. The number of aliphatic hydroxyl groups excluding tert-OH is 1. The molecule has 7 rings (SSSR count). The minimum atomic E-state index is -0.771. The van der Waals surface area contributed by atoms with E-state index in [2.05, 4.69) is 10.3 Å². The van der Waals surface area contributed by atoms with Crippen molar-refractivity contribution < 1.29 is 14.6 Å². The zero-order chi connectivity index (χ0) is 24.0. The molecule has 4 heterocycles. The molecule has 180 valence electrons. The summed E-state index contributed by atoms with van der Waals surface area (Å²) in [5.41, 5.74) is 3.45. The number of aromatic nitrogens is 2. The number of rotatable bonds is 2. The van der Waals surface area contributed by atoms with Gasteiger partial charge < -0.3 is 29.8 Å². The van der Waals surface area contributed by atoms with Crippen LogP contribution in [0.25, 0.3) is 12.2 Å². The summed E-state index contributed by atoms with van der Waals surface area (Å²) in [6, 6.07) is -0.278. The van der Waals surface area contributed by atoms with Crippen LogP contribution >= 0.6 is 11.6 Å². The molecular formula is C24H23ClN6O4. The highest BCUT2D eigenvalue weighted by Crippen LogP contribution is 2.39. The fourth-order valence-electron chi connectivity index (χ4n) is 5.43. The number of aliphatic hydroxyl groups is 1. The Labute approximate surface area is 204 Å². The molecule has 0 amide bonds. The Morgan fingerprint density at radius 3 is 2.83 bits per heavy atom. The smallest absolute Gasteiger partial charge is 0.326 e. The first-order valence-corrected chi connectivity index (χ1v) is 12.1. The summed E-state index contributed by atoms with van der Waals surface area (Å²) >= 11 is 6.82. The van der Waals surface area contributed by atoms with Crippen LogP contribution in [-0.4, -0.2) is 68.2 Å². The molecule has 10 nitrogen and oxygen atoms in total. The Morgan fingerprint density at radius 1 is 1.17 bits per heavy atom. The molecule has 0 spiro atoms. The van der Waals surface area contributed by atoms with Crippen LogP contribution in [0.1, 0.15) is 13.8 Å². The van der Waals surface area contributed by atoms with E-state index in [9.17, 15) is 9.90 Å². The maximum absolute atomic E-state index is 12.3. The summed E-state index contributed by atoms with van der Waals surface area (Å²) in [5, 5.41) is 15.3. The summed E-state index contributed by atoms with van der Waals surface area (Å²) in [6.07, 6.45) is 7.57. The minimum Gasteiger partial charge on any atom is -0.476 e. The number of nitrogens with zero attached hydrogens (tertiary/aromatic N) is 4. The van der Waals surface area contributed by atoms with Crippen LogP contribution in [0.2, 0.25) is 0 Å². The highest BCUT2D eigenvalue weighted by atomic mass is 35.5. The van der Waals surface area contributed by atoms with Crippen LogP contribution in [0.5, 0.6) is 0 Å². The van der Waals surface area contributed by atoms with E-state index in [1.807, 2.05) is 49.1 Å². The summed E-state index contributed by atoms with van der Waals surface area (Å²) in [7, 11) is 0. The number of H-pyrrole nitrogens is 1. The lowest BCUT2D eigenvalue weighted by Gasteiger charge is -2.37. The zero-order valence-electron chi connectivity index (χ0n) is 19.0. The van der Waals surface area contributed by atoms with E-state index in [0.29, 0.717) is 46.4 Å². The fourth-order valence-corrected chi connectivity index (χ4v) is 5.72. The molecule has 0 aromatic carbocycles. The van der Waals surface area contributed by atoms with E-state index in [-0.39, 0.29) is 17.8 Å². The molecule has 0 saturated carbocycles. The van der Waals surface area contributed by atoms with Crippen molar-refractivity contribution in [3.8, 4) is 0 Å². The number of aliphatic imine (C=N–C) groups is 2. The van der Waals surface area contributed by atoms with Crippen molar-refractivity contribution in [1.82, 2.24) is 19.8 Å². The highest BCUT2D eigenvalue weighted by molar-refractivity contribution is 6.45. The molecule has 3 aliphatic carbocycles. The first-order chi connectivity index (χ1) is 16.9. The third kappa shape index (κ3) is 2.93. The molecule has 6 aliphatic rings. The second-order valence-electron chi connectivity index (χ2n) is 9.02. The molecule has 11 heteroatoms. The number of hydrogen-bond acceptors (Lipinski definition) is 8. The maximum atomic E-state index is 12.3. The number of likely N-dealkylation sites (N-methyl/N-ethyl adjacent to an activating group) is 1. The Morgan fingerprint density at radius 2 is 2.03 bits per heavy atom. The Kier molecular flexibility index (Phi) is 4.39. The van der Waals surface area contributed by atoms with Gasteiger partial charge in [-0.25, -0.2) is 9.79 Å². The van der Waals surface area contributed by atoms with Crippen molar-refractivity contribution in [3.05, 3.63) is 67.3 Å². The van der Waals surface area contributed by atoms with Crippen molar-refractivity contribution >= 4 is 35.2 Å². The first-order valence-electron chi connectivity index (χ1n) is 11.7. The lowest BCUT2D eigenvalue weighted by molar-refractivity contribution is 0.0354. The van der Waals surface area contributed by atoms with Gasteiger partial charge in [0.1, 0.15) is 29.0 Å². The molecule has 4 unspecified atom stereocenters. The second kappa shape index (κ2) is 7.33. The van der Waals surface area contributed by atoms with Crippen molar-refractivity contribution in [2.75, 3.05) is 6.54 Å². The van der Waals surface area contributed by atoms with Gasteiger partial charge in [0.2, 0.25) is 6.35 Å². The molecule has 5 atom stereocenters. The topological polar surface area (TPSA) is 116 Å². The SMILES string of the molecule is CCN1C2=CC3OC4C=C5N=C6C=c7[nH]c(=O)n(CC)c7=CC6OC5=C(Cl)C4=NC3C=C2N[C@@H]1O. The van der Waals surface area contributed by atoms with Gasteiger partial charge in [0, 0.05) is 13.1 Å². The van der Waals surface area contributed by atoms with Crippen LogP contribution in [-0.2, 0) is 16.0 Å². The van der Waals surface area contributed by atoms with E-state index in [4.69, 9.17) is 31.1 Å². The third-order valence-corrected chi connectivity index (χ3v) is 7.45. The van der Waals surface area contributed by atoms with Crippen LogP contribution in [0, 0.1) is 0 Å². The molecule has 1 aromatic rings. The summed E-state index contributed by atoms with van der Waals surface area (Å²) in [6.45, 7) is 5.12. The molecule has 0 bridgehead atoms. The average Bonchev–Trinajstić information content (AvgIpc) is 3.32. The molecule has 3 N–H and O–H groups in total. The first kappa shape index (κ1) is 21.0. The molecule has 3 aliphatic heterocycles. The number of aromatic amines is 1. The van der Waals surface area contributed by atoms with Gasteiger partial charge in [0.15, 0.2) is 11.9 Å². The average molecular weight is 495 g/mol. The van der Waals surface area contributed by atoms with E-state index in [1.165, 1.54) is 0 Å². The largest absolute Gasteiger partial charge is 0.476 e. The molecule has 1 fully saturated rings. The maximum Gasteiger partial charge on any atom is 0.326 e. The highest BCUT2D eigenvalue weighted by Gasteiger charge is 2.42. The molecule has 0 radical (unpaired) electrons. The third-order valence-electron chi connectivity index (χ3n) is 7.09. The van der Waals surface area contributed by atoms with E-state index >= 15 is 0 Å². The summed E-state index contributed by atoms with van der Waals surface area (Å²) in [4.78, 5) is 26.7. The van der Waals surface area contributed by atoms with Gasteiger partial charge in [0.05, 0.1) is 33.5 Å². The lowest BCUT2D eigenvalue weighted by Crippen LogP contribution is -2.45. The van der Waals surface area contributed by atoms with E-state index in [1.54, 1.807) is 4.57 Å². The fraction of sp³-hybridized carbons (Fsp3) is 0.375. The predicted octanol–water partition coefficient (Wildman–Crippen LogP) is -0.482. The number of hydrogen-bond donors (Lipinski definition) is 3. The van der Waals surface area contributed by atoms with Crippen molar-refractivity contribution in [3.63, 3.8) is 0 Å². The normalized spacial score (nSPS) is 31.8. The Bertz CT molecular complexity index is 1540. The van der Waals surface area contributed by atoms with Gasteiger partial charge in [0.25, 0.3) is 0 Å². The zero-order valence-corrected chi connectivity index (χ0v) is 19.8. The lowest BCUT2D eigenvalue weighted by atomic mass is 9.95. The van der Waals surface area contributed by atoms with E-state index in [0.717, 1.165) is 16.7 Å². The molecule has 1 saturated heterocycles. The standard InChI is InChI=1S/C24H23ClN6O4/c1-3-30-15-8-17-13(6-11(15)29-24(30)33)27-21-19(34-17)7-14-22(20(21)25)35-18-9-16-10(5-12(18)26-14)28-23(32)31(16)4-2/h5-9,13,17-19,24,29,33H,3-4H2,1-2H3,(H,28,32)/t13?,17?,18?,19?,24-/m0/s1. The molecule has 1 aromatic heterocycles. The van der Waals surface area contributed by atoms with Crippen molar-refractivity contribution in [2.45, 2.75) is 51.1 Å². The Balaban J connectivity index is 1.28. The van der Waals surface area contributed by atoms with Gasteiger partial charge >= 0.3 is 5.69 Å². The second-order valence-corrected chi connectivity index (χ2v) is 9.39. The number of nitrogens with one attached hydrogen (secondary N) is 2. The Hall–Kier alpha value is -3.34. The molecule has 35 heavy (non-hydrogen) atoms. The van der Waals surface area contributed by atoms with Gasteiger partial charge in [-0.1, -0.05) is 11.6 Å². The predicted molar refractivity (Wildman–Crippen MR) is 130 cm³/mol. The quantitative estimate of drug-likeness (QED) is 0.511. The van der Waals surface area contributed by atoms with Crippen LogP contribution < -0.4 is 21.7 Å². The van der Waals surface area contributed by atoms with Crippen molar-refractivity contribution in [2.24, 2.45) is 9.98 Å². The number of fused-ring (bicyclic) bond motifs is 6. The van der Waals surface area contributed by atoms with E-state index < -0.39 is 18.6 Å². The van der Waals surface area contributed by atoms with Gasteiger partial charge in [-0.3, -0.25) is 9.56 Å². The van der Waals surface area contributed by atoms with Crippen LogP contribution in [0.4, 0.5) is 0 Å². The van der Waals surface area contributed by atoms with Gasteiger partial charge in [-0.2, -0.15) is 0 Å². The number of imidazole rings is 1. The monoisotopic (exact) mass is 494 g/mol. The molecular weight excluding hydrogens is 472 g/mol. The summed E-state index contributed by atoms with van der Waals surface area (Å²) < 4.78 is 14.3. The van der Waals surface area contributed by atoms with Crippen LogP contribution in [0.15, 0.2) is 60.9 Å². The van der Waals surface area contributed by atoms with Crippen LogP contribution in [0.3, 0.4) is 0 Å². The minimum absolute atomic E-state index is 0.161. The van der Waals surface area contributed by atoms with Gasteiger partial charge in [-0.15, -0.1) is 0 Å². The summed E-state index contributed by atoms with van der Waals surface area (Å²) in [5.74, 6) is 0.456. The van der Waals surface area contributed by atoms with Gasteiger partial charge in [-0.05, 0) is 44.2 Å². The number of ether oxygens (including phenoxy) is 2.